The molecule has 8 heteroatoms. The number of anilines is 1. The fraction of sp³-hybridized carbons (Fsp3) is 0.467. The predicted molar refractivity (Wildman–Crippen MR) is 87.3 cm³/mol. The Morgan fingerprint density at radius 3 is 2.74 bits per heavy atom. The molecule has 0 aliphatic carbocycles. The van der Waals surface area contributed by atoms with E-state index in [9.17, 15) is 9.59 Å². The highest BCUT2D eigenvalue weighted by Crippen LogP contribution is 2.28. The number of amides is 2. The largest absolute Gasteiger partial charge is 0.489 e. The van der Waals surface area contributed by atoms with Crippen molar-refractivity contribution in [2.75, 3.05) is 38.7 Å². The number of benzene rings is 1. The molecule has 128 valence electrons. The molecule has 0 bridgehead atoms. The van der Waals surface area contributed by atoms with Gasteiger partial charge in [0, 0.05) is 25.2 Å². The third-order valence-electron chi connectivity index (χ3n) is 2.88. The molecule has 0 fully saturated rings. The van der Waals surface area contributed by atoms with Gasteiger partial charge in [0.1, 0.15) is 12.4 Å². The van der Waals surface area contributed by atoms with Crippen LogP contribution in [-0.2, 0) is 9.53 Å². The summed E-state index contributed by atoms with van der Waals surface area (Å²) in [7, 11) is 1.51. The summed E-state index contributed by atoms with van der Waals surface area (Å²) in [6.07, 6.45) is -0.128. The second kappa shape index (κ2) is 9.91. The van der Waals surface area contributed by atoms with Gasteiger partial charge in [-0.3, -0.25) is 4.79 Å². The highest BCUT2D eigenvalue weighted by Gasteiger charge is 2.13. The Kier molecular flexibility index (Phi) is 8.21. The maximum Gasteiger partial charge on any atom is 0.321 e. The summed E-state index contributed by atoms with van der Waals surface area (Å²) >= 11 is 5.94. The van der Waals surface area contributed by atoms with Gasteiger partial charge in [-0.25, -0.2) is 4.79 Å². The van der Waals surface area contributed by atoms with Gasteiger partial charge in [0.05, 0.1) is 18.7 Å². The van der Waals surface area contributed by atoms with E-state index in [4.69, 9.17) is 26.2 Å². The van der Waals surface area contributed by atoms with Crippen LogP contribution < -0.4 is 10.1 Å². The molecule has 0 saturated heterocycles. The lowest BCUT2D eigenvalue weighted by atomic mass is 10.3. The van der Waals surface area contributed by atoms with Crippen LogP contribution in [0.15, 0.2) is 18.2 Å². The molecule has 0 aliphatic rings. The number of nitrogens with one attached hydrogen (secondary N) is 1. The number of halogens is 1. The highest BCUT2D eigenvalue weighted by atomic mass is 35.5. The number of carboxylic acids is 1. The van der Waals surface area contributed by atoms with E-state index in [-0.39, 0.29) is 13.0 Å². The SMILES string of the molecule is CCOCCOc1ccc(Cl)cc1NC(=O)N(C)CCC(=O)O. The molecule has 0 unspecified atom stereocenters. The number of ether oxygens (including phenoxy) is 2. The molecule has 2 N–H and O–H groups in total. The zero-order valence-electron chi connectivity index (χ0n) is 13.2. The standard InChI is InChI=1S/C15H21ClN2O5/c1-3-22-8-9-23-13-5-4-11(16)10-12(13)17-15(21)18(2)7-6-14(19)20/h4-5,10H,3,6-9H2,1-2H3,(H,17,21)(H,19,20). The van der Waals surface area contributed by atoms with Crippen molar-refractivity contribution in [1.82, 2.24) is 4.90 Å². The van der Waals surface area contributed by atoms with Crippen LogP contribution in [0.2, 0.25) is 5.02 Å². The average Bonchev–Trinajstić information content (AvgIpc) is 2.50. The third kappa shape index (κ3) is 7.21. The van der Waals surface area contributed by atoms with Gasteiger partial charge < -0.3 is 24.8 Å². The van der Waals surface area contributed by atoms with Crippen molar-refractivity contribution in [3.63, 3.8) is 0 Å². The lowest BCUT2D eigenvalue weighted by Gasteiger charge is -2.19. The first kappa shape index (κ1) is 19.1. The molecule has 0 spiro atoms. The van der Waals surface area contributed by atoms with E-state index in [2.05, 4.69) is 5.32 Å². The predicted octanol–water partition coefficient (Wildman–Crippen LogP) is 2.69. The van der Waals surface area contributed by atoms with E-state index in [1.165, 1.54) is 11.9 Å². The van der Waals surface area contributed by atoms with Crippen molar-refractivity contribution in [2.45, 2.75) is 13.3 Å². The van der Waals surface area contributed by atoms with Gasteiger partial charge in [0.25, 0.3) is 0 Å². The first-order chi connectivity index (χ1) is 10.9. The monoisotopic (exact) mass is 344 g/mol. The molecule has 0 aliphatic heterocycles. The fourth-order valence-corrected chi connectivity index (χ4v) is 1.83. The quantitative estimate of drug-likeness (QED) is 0.672. The molecular weight excluding hydrogens is 324 g/mol. The van der Waals surface area contributed by atoms with Gasteiger partial charge in [-0.1, -0.05) is 11.6 Å². The van der Waals surface area contributed by atoms with Gasteiger partial charge in [-0.05, 0) is 25.1 Å². The fourth-order valence-electron chi connectivity index (χ4n) is 1.66. The average molecular weight is 345 g/mol. The molecule has 0 heterocycles. The Balaban J connectivity index is 2.67. The van der Waals surface area contributed by atoms with Crippen molar-refractivity contribution in [3.05, 3.63) is 23.2 Å². The third-order valence-corrected chi connectivity index (χ3v) is 3.12. The Morgan fingerprint density at radius 2 is 2.09 bits per heavy atom. The molecule has 2 amide bonds. The summed E-state index contributed by atoms with van der Waals surface area (Å²) in [6.45, 7) is 3.36. The Morgan fingerprint density at radius 1 is 1.35 bits per heavy atom. The number of nitrogens with zero attached hydrogens (tertiary/aromatic N) is 1. The van der Waals surface area contributed by atoms with Crippen molar-refractivity contribution < 1.29 is 24.2 Å². The van der Waals surface area contributed by atoms with E-state index in [1.807, 2.05) is 6.92 Å². The van der Waals surface area contributed by atoms with Crippen LogP contribution in [0.5, 0.6) is 5.75 Å². The van der Waals surface area contributed by atoms with E-state index >= 15 is 0 Å². The van der Waals surface area contributed by atoms with E-state index in [1.54, 1.807) is 18.2 Å². The van der Waals surface area contributed by atoms with Gasteiger partial charge in [0.2, 0.25) is 0 Å². The number of carbonyl (C=O) groups is 2. The van der Waals surface area contributed by atoms with E-state index in [0.29, 0.717) is 36.3 Å². The normalized spacial score (nSPS) is 10.2. The number of rotatable bonds is 9. The van der Waals surface area contributed by atoms with Gasteiger partial charge in [0.15, 0.2) is 0 Å². The molecule has 0 aromatic heterocycles. The van der Waals surface area contributed by atoms with Crippen molar-refractivity contribution in [1.29, 1.82) is 0 Å². The molecule has 0 saturated carbocycles. The molecule has 1 rings (SSSR count). The molecule has 7 nitrogen and oxygen atoms in total. The Bertz CT molecular complexity index is 539. The first-order valence-corrected chi connectivity index (χ1v) is 7.55. The summed E-state index contributed by atoms with van der Waals surface area (Å²) in [4.78, 5) is 23.9. The van der Waals surface area contributed by atoms with Crippen LogP contribution in [0.25, 0.3) is 0 Å². The number of hydrogen-bond acceptors (Lipinski definition) is 4. The first-order valence-electron chi connectivity index (χ1n) is 7.18. The van der Waals surface area contributed by atoms with Crippen molar-refractivity contribution in [2.24, 2.45) is 0 Å². The zero-order valence-corrected chi connectivity index (χ0v) is 13.9. The summed E-state index contributed by atoms with van der Waals surface area (Å²) in [6, 6.07) is 4.44. The number of carbonyl (C=O) groups excluding carboxylic acids is 1. The maximum absolute atomic E-state index is 12.1. The number of carboxylic acid groups (broad SMARTS) is 1. The van der Waals surface area contributed by atoms with Crippen LogP contribution in [0, 0.1) is 0 Å². The van der Waals surface area contributed by atoms with E-state index < -0.39 is 12.0 Å². The molecule has 1 aromatic rings. The minimum atomic E-state index is -0.965. The minimum Gasteiger partial charge on any atom is -0.489 e. The number of aliphatic carboxylic acids is 1. The summed E-state index contributed by atoms with van der Waals surface area (Å²) < 4.78 is 10.8. The lowest BCUT2D eigenvalue weighted by Crippen LogP contribution is -2.33. The van der Waals surface area contributed by atoms with E-state index in [0.717, 1.165) is 0 Å². The Labute approximate surface area is 140 Å². The Hall–Kier alpha value is -1.99. The maximum atomic E-state index is 12.1. The van der Waals surface area contributed by atoms with Gasteiger partial charge in [-0.2, -0.15) is 0 Å². The van der Waals surface area contributed by atoms with Gasteiger partial charge >= 0.3 is 12.0 Å². The second-order valence-electron chi connectivity index (χ2n) is 4.68. The summed E-state index contributed by atoms with van der Waals surface area (Å²) in [5, 5.41) is 11.8. The van der Waals surface area contributed by atoms with Crippen molar-refractivity contribution in [3.8, 4) is 5.75 Å². The number of hydrogen-bond donors (Lipinski definition) is 2. The minimum absolute atomic E-state index is 0.0995. The van der Waals surface area contributed by atoms with Crippen LogP contribution in [0.3, 0.4) is 0 Å². The highest BCUT2D eigenvalue weighted by molar-refractivity contribution is 6.31. The molecule has 0 atom stereocenters. The van der Waals surface area contributed by atoms with Crippen LogP contribution >= 0.6 is 11.6 Å². The molecule has 1 aromatic carbocycles. The van der Waals surface area contributed by atoms with Crippen LogP contribution in [0.4, 0.5) is 10.5 Å². The van der Waals surface area contributed by atoms with Crippen molar-refractivity contribution >= 4 is 29.3 Å². The molecule has 0 radical (unpaired) electrons. The topological polar surface area (TPSA) is 88.1 Å². The number of urea groups is 1. The van der Waals surface area contributed by atoms with Crippen LogP contribution in [-0.4, -0.2) is 55.4 Å². The van der Waals surface area contributed by atoms with Crippen LogP contribution in [0.1, 0.15) is 13.3 Å². The summed E-state index contributed by atoms with van der Waals surface area (Å²) in [5.41, 5.74) is 0.418. The lowest BCUT2D eigenvalue weighted by molar-refractivity contribution is -0.137. The molecule has 23 heavy (non-hydrogen) atoms. The zero-order chi connectivity index (χ0) is 17.2. The second-order valence-corrected chi connectivity index (χ2v) is 5.12. The van der Waals surface area contributed by atoms with Gasteiger partial charge in [-0.15, -0.1) is 0 Å². The summed E-state index contributed by atoms with van der Waals surface area (Å²) in [5.74, 6) is -0.499. The molecular formula is C15H21ClN2O5. The smallest absolute Gasteiger partial charge is 0.321 e.